The highest BCUT2D eigenvalue weighted by atomic mass is 16.1. The predicted molar refractivity (Wildman–Crippen MR) is 41.1 cm³/mol. The van der Waals surface area contributed by atoms with Crippen LogP contribution in [0.1, 0.15) is 26.7 Å². The highest BCUT2D eigenvalue weighted by molar-refractivity contribution is 6.08. The zero-order valence-corrected chi connectivity index (χ0v) is 6.35. The topological polar surface area (TPSA) is 29.4 Å². The zero-order chi connectivity index (χ0) is 7.56. The minimum absolute atomic E-state index is 0.0116. The second-order valence-corrected chi connectivity index (χ2v) is 2.40. The minimum Gasteiger partial charge on any atom is -0.272 e. The van der Waals surface area contributed by atoms with Gasteiger partial charge in [-0.2, -0.15) is 0 Å². The molecule has 0 aromatic carbocycles. The maximum atomic E-state index is 10.7. The zero-order valence-electron chi connectivity index (χ0n) is 6.35. The number of aliphatic imine (C=N–C) groups is 1. The number of allylic oxidation sites excluding steroid dienone is 1. The number of hydrogen-bond donors (Lipinski definition) is 0. The van der Waals surface area contributed by atoms with Gasteiger partial charge in [0.15, 0.2) is 0 Å². The van der Waals surface area contributed by atoms with Crippen molar-refractivity contribution in [3.8, 4) is 0 Å². The van der Waals surface area contributed by atoms with E-state index in [1.165, 1.54) is 0 Å². The van der Waals surface area contributed by atoms with E-state index in [4.69, 9.17) is 0 Å². The van der Waals surface area contributed by atoms with Gasteiger partial charge in [0.2, 0.25) is 5.91 Å². The van der Waals surface area contributed by atoms with E-state index in [1.54, 1.807) is 0 Å². The van der Waals surface area contributed by atoms with Crippen LogP contribution >= 0.6 is 0 Å². The fourth-order valence-electron chi connectivity index (χ4n) is 1.00. The molecule has 0 N–H and O–H groups in total. The minimum atomic E-state index is -0.0116. The summed E-state index contributed by atoms with van der Waals surface area (Å²) in [5.74, 6) is -0.0116. The summed E-state index contributed by atoms with van der Waals surface area (Å²) in [5.41, 5.74) is 2.10. The standard InChI is InChI=1S/C8H11NO/c1-3-7-6(2)4-5-8(10)9-7/h4H,3,5H2,1-2H3. The molecule has 1 aliphatic rings. The van der Waals surface area contributed by atoms with Gasteiger partial charge in [-0.1, -0.05) is 13.0 Å². The van der Waals surface area contributed by atoms with Crippen LogP contribution in [0.4, 0.5) is 0 Å². The van der Waals surface area contributed by atoms with Gasteiger partial charge in [-0.05, 0) is 18.9 Å². The van der Waals surface area contributed by atoms with E-state index in [1.807, 2.05) is 19.9 Å². The molecule has 0 fully saturated rings. The van der Waals surface area contributed by atoms with Crippen molar-refractivity contribution in [3.63, 3.8) is 0 Å². The Bertz CT molecular complexity index is 213. The lowest BCUT2D eigenvalue weighted by Gasteiger charge is -2.07. The van der Waals surface area contributed by atoms with E-state index in [2.05, 4.69) is 4.99 Å². The van der Waals surface area contributed by atoms with Crippen LogP contribution in [-0.4, -0.2) is 11.6 Å². The lowest BCUT2D eigenvalue weighted by Crippen LogP contribution is -2.08. The largest absolute Gasteiger partial charge is 0.272 e. The Morgan fingerprint density at radius 2 is 2.40 bits per heavy atom. The molecule has 10 heavy (non-hydrogen) atoms. The fraction of sp³-hybridized carbons (Fsp3) is 0.500. The van der Waals surface area contributed by atoms with Gasteiger partial charge in [-0.3, -0.25) is 4.79 Å². The Morgan fingerprint density at radius 3 is 2.90 bits per heavy atom. The van der Waals surface area contributed by atoms with E-state index >= 15 is 0 Å². The first-order valence-electron chi connectivity index (χ1n) is 3.51. The number of carbonyl (C=O) groups is 1. The van der Waals surface area contributed by atoms with Gasteiger partial charge in [0.25, 0.3) is 0 Å². The lowest BCUT2D eigenvalue weighted by atomic mass is 10.1. The van der Waals surface area contributed by atoms with Crippen molar-refractivity contribution >= 4 is 11.6 Å². The molecule has 0 aromatic rings. The Kier molecular flexibility index (Phi) is 2.00. The smallest absolute Gasteiger partial charge is 0.249 e. The average Bonchev–Trinajstić information content (AvgIpc) is 1.94. The highest BCUT2D eigenvalue weighted by Crippen LogP contribution is 2.09. The van der Waals surface area contributed by atoms with Gasteiger partial charge in [-0.25, -0.2) is 4.99 Å². The number of dihydropyridines is 1. The van der Waals surface area contributed by atoms with Crippen molar-refractivity contribution in [2.45, 2.75) is 26.7 Å². The first kappa shape index (κ1) is 7.19. The summed E-state index contributed by atoms with van der Waals surface area (Å²) >= 11 is 0. The molecule has 2 nitrogen and oxygen atoms in total. The molecule has 1 heterocycles. The highest BCUT2D eigenvalue weighted by Gasteiger charge is 2.08. The predicted octanol–water partition coefficient (Wildman–Crippen LogP) is 1.71. The SMILES string of the molecule is CCC1=NC(=O)CC=C1C. The summed E-state index contributed by atoms with van der Waals surface area (Å²) in [7, 11) is 0. The number of amides is 1. The summed E-state index contributed by atoms with van der Waals surface area (Å²) in [5, 5.41) is 0. The van der Waals surface area contributed by atoms with Crippen LogP contribution in [0.15, 0.2) is 16.6 Å². The summed E-state index contributed by atoms with van der Waals surface area (Å²) in [6.07, 6.45) is 3.28. The Balaban J connectivity index is 2.84. The number of hydrogen-bond acceptors (Lipinski definition) is 1. The molecule has 0 unspecified atom stereocenters. The van der Waals surface area contributed by atoms with Crippen LogP contribution in [0.25, 0.3) is 0 Å². The van der Waals surface area contributed by atoms with Gasteiger partial charge in [-0.15, -0.1) is 0 Å². The van der Waals surface area contributed by atoms with E-state index < -0.39 is 0 Å². The molecular formula is C8H11NO. The van der Waals surface area contributed by atoms with Crippen LogP contribution in [0, 0.1) is 0 Å². The Hall–Kier alpha value is -0.920. The van der Waals surface area contributed by atoms with Crippen LogP contribution in [0.2, 0.25) is 0 Å². The van der Waals surface area contributed by atoms with Crippen molar-refractivity contribution in [2.75, 3.05) is 0 Å². The van der Waals surface area contributed by atoms with Crippen LogP contribution < -0.4 is 0 Å². The molecule has 0 aliphatic carbocycles. The molecule has 2 heteroatoms. The second kappa shape index (κ2) is 2.78. The average molecular weight is 137 g/mol. The molecular weight excluding hydrogens is 126 g/mol. The number of rotatable bonds is 1. The van der Waals surface area contributed by atoms with Gasteiger partial charge in [0, 0.05) is 12.1 Å². The molecule has 0 atom stereocenters. The van der Waals surface area contributed by atoms with Gasteiger partial charge in [0.1, 0.15) is 0 Å². The molecule has 1 amide bonds. The summed E-state index contributed by atoms with van der Waals surface area (Å²) in [6.45, 7) is 4.00. The van der Waals surface area contributed by atoms with Crippen molar-refractivity contribution < 1.29 is 4.79 Å². The lowest BCUT2D eigenvalue weighted by molar-refractivity contribution is -0.117. The van der Waals surface area contributed by atoms with Crippen LogP contribution in [0.5, 0.6) is 0 Å². The monoisotopic (exact) mass is 137 g/mol. The fourth-order valence-corrected chi connectivity index (χ4v) is 1.00. The molecule has 0 bridgehead atoms. The van der Waals surface area contributed by atoms with Gasteiger partial charge < -0.3 is 0 Å². The molecule has 0 radical (unpaired) electrons. The normalized spacial score (nSPS) is 18.4. The van der Waals surface area contributed by atoms with Crippen molar-refractivity contribution in [3.05, 3.63) is 11.6 Å². The third-order valence-electron chi connectivity index (χ3n) is 1.63. The van der Waals surface area contributed by atoms with Crippen LogP contribution in [-0.2, 0) is 4.79 Å². The summed E-state index contributed by atoms with van der Waals surface area (Å²) < 4.78 is 0. The first-order chi connectivity index (χ1) is 4.74. The van der Waals surface area contributed by atoms with Crippen molar-refractivity contribution in [1.82, 2.24) is 0 Å². The third kappa shape index (κ3) is 1.32. The molecule has 1 rings (SSSR count). The Morgan fingerprint density at radius 1 is 1.70 bits per heavy atom. The Labute approximate surface area is 60.7 Å². The molecule has 0 spiro atoms. The van der Waals surface area contributed by atoms with E-state index in [0.29, 0.717) is 6.42 Å². The number of carbonyl (C=O) groups excluding carboxylic acids is 1. The van der Waals surface area contributed by atoms with Gasteiger partial charge >= 0.3 is 0 Å². The van der Waals surface area contributed by atoms with E-state index in [-0.39, 0.29) is 5.91 Å². The first-order valence-corrected chi connectivity index (χ1v) is 3.51. The maximum Gasteiger partial charge on any atom is 0.249 e. The molecule has 54 valence electrons. The third-order valence-corrected chi connectivity index (χ3v) is 1.63. The number of nitrogens with zero attached hydrogens (tertiary/aromatic N) is 1. The molecule has 0 saturated carbocycles. The van der Waals surface area contributed by atoms with Gasteiger partial charge in [0.05, 0.1) is 0 Å². The summed E-state index contributed by atoms with van der Waals surface area (Å²) in [4.78, 5) is 14.6. The molecule has 1 aliphatic heterocycles. The van der Waals surface area contributed by atoms with Crippen LogP contribution in [0.3, 0.4) is 0 Å². The second-order valence-electron chi connectivity index (χ2n) is 2.40. The maximum absolute atomic E-state index is 10.7. The van der Waals surface area contributed by atoms with Crippen molar-refractivity contribution in [2.24, 2.45) is 4.99 Å². The summed E-state index contributed by atoms with van der Waals surface area (Å²) in [6, 6.07) is 0. The van der Waals surface area contributed by atoms with Crippen molar-refractivity contribution in [1.29, 1.82) is 0 Å². The van der Waals surface area contributed by atoms with E-state index in [0.717, 1.165) is 17.7 Å². The quantitative estimate of drug-likeness (QED) is 0.541. The molecule has 0 aromatic heterocycles. The van der Waals surface area contributed by atoms with E-state index in [9.17, 15) is 4.79 Å². The molecule has 0 saturated heterocycles.